The Kier molecular flexibility index (Phi) is 6.72. The van der Waals surface area contributed by atoms with E-state index in [-0.39, 0.29) is 30.9 Å². The number of carbonyl (C=O) groups excluding carboxylic acids is 2. The lowest BCUT2D eigenvalue weighted by Gasteiger charge is -2.25. The molecule has 1 rings (SSSR count). The lowest BCUT2D eigenvalue weighted by atomic mass is 10.3. The molecule has 2 amide bonds. The van der Waals surface area contributed by atoms with E-state index in [1.165, 1.54) is 0 Å². The normalized spacial score (nSPS) is 10.3. The molecule has 0 heterocycles. The van der Waals surface area contributed by atoms with E-state index in [2.05, 4.69) is 5.32 Å². The van der Waals surface area contributed by atoms with Crippen LogP contribution < -0.4 is 10.2 Å². The van der Waals surface area contributed by atoms with E-state index >= 15 is 0 Å². The number of hydrogen-bond acceptors (Lipinski definition) is 3. The Morgan fingerprint density at radius 2 is 1.76 bits per heavy atom. The van der Waals surface area contributed by atoms with Crippen LogP contribution in [0.1, 0.15) is 20.8 Å². The highest BCUT2D eigenvalue weighted by Crippen LogP contribution is 2.10. The number of nitrogens with one attached hydrogen (secondary N) is 1. The molecule has 0 atom stereocenters. The molecular weight excluding hydrogens is 266 g/mol. The molecule has 1 N–H and O–H groups in total. The Hall–Kier alpha value is -2.04. The van der Waals surface area contributed by atoms with Crippen molar-refractivity contribution in [3.05, 3.63) is 30.3 Å². The molecule has 0 unspecified atom stereocenters. The number of carbonyl (C=O) groups is 2. The van der Waals surface area contributed by atoms with Crippen molar-refractivity contribution < 1.29 is 9.59 Å². The first-order valence-electron chi connectivity index (χ1n) is 7.27. The maximum atomic E-state index is 12.3. The second kappa shape index (κ2) is 8.29. The van der Waals surface area contributed by atoms with Gasteiger partial charge in [0.2, 0.25) is 11.8 Å². The number of nitrogens with zero attached hydrogens (tertiary/aromatic N) is 2. The van der Waals surface area contributed by atoms with Crippen molar-refractivity contribution in [3.8, 4) is 0 Å². The summed E-state index contributed by atoms with van der Waals surface area (Å²) in [5.74, 6) is -0.176. The van der Waals surface area contributed by atoms with Crippen LogP contribution in [0.15, 0.2) is 30.3 Å². The quantitative estimate of drug-likeness (QED) is 0.828. The maximum Gasteiger partial charge on any atom is 0.242 e. The third-order valence-corrected chi connectivity index (χ3v) is 3.09. The van der Waals surface area contributed by atoms with Gasteiger partial charge in [-0.3, -0.25) is 9.59 Å². The van der Waals surface area contributed by atoms with Crippen LogP contribution in [0.3, 0.4) is 0 Å². The number of hydrogen-bond donors (Lipinski definition) is 1. The van der Waals surface area contributed by atoms with Crippen LogP contribution in [-0.4, -0.2) is 49.4 Å². The first kappa shape index (κ1) is 17.0. The molecule has 0 spiro atoms. The number of anilines is 1. The lowest BCUT2D eigenvalue weighted by molar-refractivity contribution is -0.134. The molecule has 0 aliphatic carbocycles. The number of rotatable bonds is 7. The summed E-state index contributed by atoms with van der Waals surface area (Å²) >= 11 is 0. The minimum Gasteiger partial charge on any atom is -0.365 e. The first-order valence-corrected chi connectivity index (χ1v) is 7.27. The molecule has 0 aliphatic heterocycles. The summed E-state index contributed by atoms with van der Waals surface area (Å²) in [7, 11) is 1.87. The van der Waals surface area contributed by atoms with Gasteiger partial charge in [0.1, 0.15) is 0 Å². The summed E-state index contributed by atoms with van der Waals surface area (Å²) in [4.78, 5) is 27.5. The minimum atomic E-state index is -0.123. The topological polar surface area (TPSA) is 52.7 Å². The molecule has 0 saturated carbocycles. The molecule has 0 fully saturated rings. The average molecular weight is 291 g/mol. The van der Waals surface area contributed by atoms with Crippen LogP contribution in [0, 0.1) is 0 Å². The summed E-state index contributed by atoms with van der Waals surface area (Å²) in [5, 5.41) is 2.80. The molecular formula is C16H25N3O2. The third kappa shape index (κ3) is 5.85. The van der Waals surface area contributed by atoms with Gasteiger partial charge in [-0.2, -0.15) is 0 Å². The van der Waals surface area contributed by atoms with Crippen molar-refractivity contribution in [1.29, 1.82) is 0 Å². The minimum absolute atomic E-state index is 0.0530. The summed E-state index contributed by atoms with van der Waals surface area (Å²) in [6.45, 7) is 6.57. The Morgan fingerprint density at radius 1 is 1.14 bits per heavy atom. The standard InChI is InChI=1S/C16H25N3O2/c1-5-19(11-15(20)17-13(2)3)16(21)12-18(4)14-9-7-6-8-10-14/h6-10,13H,5,11-12H2,1-4H3,(H,17,20). The highest BCUT2D eigenvalue weighted by Gasteiger charge is 2.17. The van der Waals surface area contributed by atoms with Gasteiger partial charge in [0.05, 0.1) is 13.1 Å². The molecule has 0 saturated heterocycles. The van der Waals surface area contributed by atoms with E-state index in [9.17, 15) is 9.59 Å². The second-order valence-corrected chi connectivity index (χ2v) is 5.32. The summed E-state index contributed by atoms with van der Waals surface area (Å²) in [5.41, 5.74) is 0.980. The summed E-state index contributed by atoms with van der Waals surface area (Å²) in [6.07, 6.45) is 0. The van der Waals surface area contributed by atoms with Crippen LogP contribution >= 0.6 is 0 Å². The monoisotopic (exact) mass is 291 g/mol. The maximum absolute atomic E-state index is 12.3. The summed E-state index contributed by atoms with van der Waals surface area (Å²) < 4.78 is 0. The molecule has 5 heteroatoms. The molecule has 0 aliphatic rings. The van der Waals surface area contributed by atoms with Crippen LogP contribution in [0.4, 0.5) is 5.69 Å². The number of para-hydroxylation sites is 1. The molecule has 116 valence electrons. The zero-order valence-electron chi connectivity index (χ0n) is 13.3. The van der Waals surface area contributed by atoms with Gasteiger partial charge in [0.15, 0.2) is 0 Å². The van der Waals surface area contributed by atoms with Gasteiger partial charge in [-0.1, -0.05) is 18.2 Å². The molecule has 21 heavy (non-hydrogen) atoms. The van der Waals surface area contributed by atoms with Crippen molar-refractivity contribution in [3.63, 3.8) is 0 Å². The predicted molar refractivity (Wildman–Crippen MR) is 85.2 cm³/mol. The Labute approximate surface area is 126 Å². The van der Waals surface area contributed by atoms with Crippen molar-refractivity contribution in [2.24, 2.45) is 0 Å². The highest BCUT2D eigenvalue weighted by molar-refractivity contribution is 5.87. The van der Waals surface area contributed by atoms with Gasteiger partial charge in [-0.05, 0) is 32.9 Å². The first-order chi connectivity index (χ1) is 9.93. The van der Waals surface area contributed by atoms with Gasteiger partial charge in [-0.15, -0.1) is 0 Å². The Balaban J connectivity index is 2.57. The second-order valence-electron chi connectivity index (χ2n) is 5.32. The molecule has 0 bridgehead atoms. The van der Waals surface area contributed by atoms with Crippen molar-refractivity contribution in [2.45, 2.75) is 26.8 Å². The largest absolute Gasteiger partial charge is 0.365 e. The van der Waals surface area contributed by atoms with Crippen LogP contribution in [0.2, 0.25) is 0 Å². The lowest BCUT2D eigenvalue weighted by Crippen LogP contribution is -2.45. The number of amides is 2. The van der Waals surface area contributed by atoms with E-state index < -0.39 is 0 Å². The fourth-order valence-electron chi connectivity index (χ4n) is 1.99. The van der Waals surface area contributed by atoms with Gasteiger partial charge in [-0.25, -0.2) is 0 Å². The van der Waals surface area contributed by atoms with E-state index in [4.69, 9.17) is 0 Å². The molecule has 0 radical (unpaired) electrons. The van der Waals surface area contributed by atoms with Crippen molar-refractivity contribution in [1.82, 2.24) is 10.2 Å². The third-order valence-electron chi connectivity index (χ3n) is 3.09. The van der Waals surface area contributed by atoms with Crippen LogP contribution in [-0.2, 0) is 9.59 Å². The summed E-state index contributed by atoms with van der Waals surface area (Å²) in [6, 6.07) is 9.80. The van der Waals surface area contributed by atoms with Gasteiger partial charge >= 0.3 is 0 Å². The smallest absolute Gasteiger partial charge is 0.242 e. The Morgan fingerprint density at radius 3 is 2.29 bits per heavy atom. The van der Waals surface area contributed by atoms with Crippen LogP contribution in [0.5, 0.6) is 0 Å². The van der Waals surface area contributed by atoms with Crippen molar-refractivity contribution in [2.75, 3.05) is 31.6 Å². The fraction of sp³-hybridized carbons (Fsp3) is 0.500. The molecule has 5 nitrogen and oxygen atoms in total. The molecule has 1 aromatic rings. The average Bonchev–Trinajstić information content (AvgIpc) is 2.44. The van der Waals surface area contributed by atoms with E-state index in [0.29, 0.717) is 6.54 Å². The number of benzene rings is 1. The molecule has 1 aromatic carbocycles. The van der Waals surface area contributed by atoms with E-state index in [1.54, 1.807) is 4.90 Å². The number of likely N-dealkylation sites (N-methyl/N-ethyl adjacent to an activating group) is 2. The van der Waals surface area contributed by atoms with Crippen LogP contribution in [0.25, 0.3) is 0 Å². The Bertz CT molecular complexity index is 460. The zero-order chi connectivity index (χ0) is 15.8. The predicted octanol–water partition coefficient (Wildman–Crippen LogP) is 1.50. The fourth-order valence-corrected chi connectivity index (χ4v) is 1.99. The van der Waals surface area contributed by atoms with Gasteiger partial charge in [0.25, 0.3) is 0 Å². The highest BCUT2D eigenvalue weighted by atomic mass is 16.2. The van der Waals surface area contributed by atoms with E-state index in [1.807, 2.05) is 63.1 Å². The van der Waals surface area contributed by atoms with Gasteiger partial charge < -0.3 is 15.1 Å². The van der Waals surface area contributed by atoms with Crippen molar-refractivity contribution >= 4 is 17.5 Å². The zero-order valence-corrected chi connectivity index (χ0v) is 13.3. The van der Waals surface area contributed by atoms with E-state index in [0.717, 1.165) is 5.69 Å². The van der Waals surface area contributed by atoms with Gasteiger partial charge in [0, 0.05) is 25.3 Å². The molecule has 0 aromatic heterocycles. The SMILES string of the molecule is CCN(CC(=O)NC(C)C)C(=O)CN(C)c1ccccc1.